The third-order valence-electron chi connectivity index (χ3n) is 10.2. The van der Waals surface area contributed by atoms with Crippen LogP contribution in [-0.4, -0.2) is 46.9 Å². The Bertz CT molecular complexity index is 1790. The zero-order valence-electron chi connectivity index (χ0n) is 24.9. The lowest BCUT2D eigenvalue weighted by molar-refractivity contribution is -0.384. The molecule has 46 heavy (non-hydrogen) atoms. The fourth-order valence-electron chi connectivity index (χ4n) is 8.12. The highest BCUT2D eigenvalue weighted by atomic mass is 16.6. The Morgan fingerprint density at radius 1 is 0.870 bits per heavy atom. The topological polar surface area (TPSA) is 147 Å². The molecule has 4 amide bonds. The summed E-state index contributed by atoms with van der Waals surface area (Å²) in [6.45, 7) is 1.81. The first-order valence-corrected chi connectivity index (χ1v) is 15.3. The summed E-state index contributed by atoms with van der Waals surface area (Å²) in [6.07, 6.45) is 2.48. The number of imide groups is 2. The van der Waals surface area contributed by atoms with Gasteiger partial charge in [0, 0.05) is 18.1 Å². The van der Waals surface area contributed by atoms with E-state index in [9.17, 15) is 34.4 Å². The number of nitrogens with zero attached hydrogens (tertiary/aromatic N) is 3. The number of fused-ring (bicyclic) bond motifs is 4. The Labute approximate surface area is 264 Å². The number of non-ortho nitro benzene ring substituents is 1. The second-order valence-corrected chi connectivity index (χ2v) is 12.4. The number of amides is 4. The summed E-state index contributed by atoms with van der Waals surface area (Å²) >= 11 is 0. The van der Waals surface area contributed by atoms with E-state index in [1.54, 1.807) is 36.4 Å². The number of carbonyl (C=O) groups excluding carboxylic acids is 4. The van der Waals surface area contributed by atoms with Crippen LogP contribution in [0.25, 0.3) is 0 Å². The second-order valence-electron chi connectivity index (χ2n) is 12.4. The number of allylic oxidation sites excluding steroid dienone is 2. The first-order chi connectivity index (χ1) is 22.2. The molecule has 0 radical (unpaired) electrons. The maximum Gasteiger partial charge on any atom is 0.269 e. The van der Waals surface area contributed by atoms with Crippen molar-refractivity contribution in [3.8, 4) is 5.75 Å². The molecule has 234 valence electrons. The van der Waals surface area contributed by atoms with Gasteiger partial charge in [0.25, 0.3) is 5.69 Å². The van der Waals surface area contributed by atoms with Crippen LogP contribution in [0.4, 0.5) is 17.1 Å². The van der Waals surface area contributed by atoms with Crippen LogP contribution < -0.4 is 14.5 Å². The predicted molar refractivity (Wildman–Crippen MR) is 166 cm³/mol. The lowest BCUT2D eigenvalue weighted by atomic mass is 9.51. The van der Waals surface area contributed by atoms with Crippen molar-refractivity contribution >= 4 is 40.7 Å². The molecule has 2 saturated heterocycles. The summed E-state index contributed by atoms with van der Waals surface area (Å²) < 4.78 is 5.57. The molecule has 6 unspecified atom stereocenters. The van der Waals surface area contributed by atoms with Crippen molar-refractivity contribution < 1.29 is 33.9 Å². The maximum absolute atomic E-state index is 14.4. The number of aliphatic hydroxyl groups is 1. The van der Waals surface area contributed by atoms with Gasteiger partial charge in [0.15, 0.2) is 0 Å². The molecule has 6 atom stereocenters. The van der Waals surface area contributed by atoms with Gasteiger partial charge in [-0.05, 0) is 67.6 Å². The van der Waals surface area contributed by atoms with Crippen LogP contribution in [0.1, 0.15) is 31.2 Å². The SMILES string of the molecule is CC12C(=O)N(c3ccccc3)C(=O)C1CC1C(=CCC3C(=O)N(c4ccc([N+](=O)[O-])cc4)C(=O)C31)C2c1ccc(OCCO)cc1. The minimum Gasteiger partial charge on any atom is -0.491 e. The van der Waals surface area contributed by atoms with E-state index < -0.39 is 45.8 Å². The highest BCUT2D eigenvalue weighted by Crippen LogP contribution is 2.63. The molecule has 0 aromatic heterocycles. The minimum atomic E-state index is -1.17. The van der Waals surface area contributed by atoms with E-state index in [0.29, 0.717) is 11.4 Å². The molecule has 3 aromatic carbocycles. The third kappa shape index (κ3) is 4.29. The second kappa shape index (κ2) is 11.0. The Morgan fingerprint density at radius 3 is 2.20 bits per heavy atom. The smallest absolute Gasteiger partial charge is 0.269 e. The monoisotopic (exact) mass is 621 g/mol. The molecule has 11 nitrogen and oxygen atoms in total. The maximum atomic E-state index is 14.4. The number of ether oxygens (including phenoxy) is 1. The number of para-hydroxylation sites is 1. The van der Waals surface area contributed by atoms with Crippen molar-refractivity contribution in [2.75, 3.05) is 23.0 Å². The van der Waals surface area contributed by atoms with Crippen molar-refractivity contribution in [1.29, 1.82) is 0 Å². The highest BCUT2D eigenvalue weighted by Gasteiger charge is 2.67. The van der Waals surface area contributed by atoms with Gasteiger partial charge in [-0.15, -0.1) is 0 Å². The molecule has 3 aromatic rings. The number of nitro groups is 1. The molecular formula is C35H31N3O8. The van der Waals surface area contributed by atoms with E-state index in [0.717, 1.165) is 16.0 Å². The Kier molecular flexibility index (Phi) is 7.08. The summed E-state index contributed by atoms with van der Waals surface area (Å²) in [5.74, 6) is -4.12. The number of anilines is 2. The molecule has 2 heterocycles. The van der Waals surface area contributed by atoms with Gasteiger partial charge < -0.3 is 9.84 Å². The van der Waals surface area contributed by atoms with E-state index in [-0.39, 0.29) is 55.2 Å². The number of rotatable bonds is 7. The lowest BCUT2D eigenvalue weighted by Gasteiger charge is -2.49. The van der Waals surface area contributed by atoms with Crippen LogP contribution in [-0.2, 0) is 19.2 Å². The largest absolute Gasteiger partial charge is 0.491 e. The summed E-state index contributed by atoms with van der Waals surface area (Å²) in [7, 11) is 0. The number of nitro benzene ring substituents is 1. The highest BCUT2D eigenvalue weighted by molar-refractivity contribution is 6.25. The summed E-state index contributed by atoms with van der Waals surface area (Å²) in [6, 6.07) is 21.3. The van der Waals surface area contributed by atoms with Crippen LogP contribution in [0.5, 0.6) is 5.75 Å². The number of aliphatic hydroxyl groups excluding tert-OH is 1. The molecule has 11 heteroatoms. The molecule has 0 bridgehead atoms. The lowest BCUT2D eigenvalue weighted by Crippen LogP contribution is -2.48. The fourth-order valence-corrected chi connectivity index (χ4v) is 8.12. The van der Waals surface area contributed by atoms with Gasteiger partial charge in [0.05, 0.1) is 46.1 Å². The van der Waals surface area contributed by atoms with Gasteiger partial charge in [0.2, 0.25) is 23.6 Å². The van der Waals surface area contributed by atoms with Gasteiger partial charge in [-0.3, -0.25) is 34.2 Å². The summed E-state index contributed by atoms with van der Waals surface area (Å²) in [5, 5.41) is 20.4. The molecule has 3 fully saturated rings. The summed E-state index contributed by atoms with van der Waals surface area (Å²) in [4.78, 5) is 69.6. The molecule has 2 aliphatic heterocycles. The first-order valence-electron chi connectivity index (χ1n) is 15.3. The Morgan fingerprint density at radius 2 is 1.54 bits per heavy atom. The summed E-state index contributed by atoms with van der Waals surface area (Å²) in [5.41, 5.74) is 1.05. The van der Waals surface area contributed by atoms with Crippen molar-refractivity contribution in [2.24, 2.45) is 29.1 Å². The number of hydrogen-bond acceptors (Lipinski definition) is 8. The average Bonchev–Trinajstić information content (AvgIpc) is 3.44. The van der Waals surface area contributed by atoms with Crippen LogP contribution in [0.3, 0.4) is 0 Å². The Hall–Kier alpha value is -5.16. The molecule has 7 rings (SSSR count). The van der Waals surface area contributed by atoms with Gasteiger partial charge >= 0.3 is 0 Å². The van der Waals surface area contributed by atoms with Crippen molar-refractivity contribution in [3.05, 3.63) is 106 Å². The standard InChI is InChI=1S/C35H31N3O8/c1-35-28(32(41)37(34(35)43)21-5-3-2-4-6-21)19-27-25(30(35)20-7-13-24(14-8-20)46-18-17-39)15-16-26-29(27)33(42)36(31(26)40)22-9-11-23(12-10-22)38(44)45/h2-15,26-30,39H,16-19H2,1H3. The predicted octanol–water partition coefficient (Wildman–Crippen LogP) is 4.40. The van der Waals surface area contributed by atoms with Gasteiger partial charge in [-0.25, -0.2) is 4.90 Å². The number of benzene rings is 3. The molecular weight excluding hydrogens is 590 g/mol. The quantitative estimate of drug-likeness (QED) is 0.177. The van der Waals surface area contributed by atoms with E-state index in [4.69, 9.17) is 4.74 Å². The zero-order chi connectivity index (χ0) is 32.3. The average molecular weight is 622 g/mol. The number of hydrogen-bond donors (Lipinski definition) is 1. The van der Waals surface area contributed by atoms with Crippen molar-refractivity contribution in [2.45, 2.75) is 25.7 Å². The van der Waals surface area contributed by atoms with Crippen LogP contribution in [0, 0.1) is 39.2 Å². The molecule has 1 N–H and O–H groups in total. The fraction of sp³-hybridized carbons (Fsp3) is 0.314. The van der Waals surface area contributed by atoms with E-state index >= 15 is 0 Å². The zero-order valence-corrected chi connectivity index (χ0v) is 24.9. The van der Waals surface area contributed by atoms with E-state index in [1.165, 1.54) is 29.2 Å². The first kappa shape index (κ1) is 29.5. The third-order valence-corrected chi connectivity index (χ3v) is 10.2. The van der Waals surface area contributed by atoms with Gasteiger partial charge in [-0.1, -0.05) is 42.0 Å². The molecule has 4 aliphatic rings. The van der Waals surface area contributed by atoms with Crippen LogP contribution >= 0.6 is 0 Å². The Balaban J connectivity index is 1.31. The molecule has 1 saturated carbocycles. The van der Waals surface area contributed by atoms with Gasteiger partial charge in [0.1, 0.15) is 12.4 Å². The number of carbonyl (C=O) groups is 4. The van der Waals surface area contributed by atoms with E-state index in [1.807, 2.05) is 31.2 Å². The van der Waals surface area contributed by atoms with Crippen molar-refractivity contribution in [1.82, 2.24) is 0 Å². The van der Waals surface area contributed by atoms with E-state index in [2.05, 4.69) is 0 Å². The van der Waals surface area contributed by atoms with Crippen molar-refractivity contribution in [3.63, 3.8) is 0 Å². The van der Waals surface area contributed by atoms with Gasteiger partial charge in [-0.2, -0.15) is 0 Å². The normalized spacial score (nSPS) is 28.5. The molecule has 2 aliphatic carbocycles. The van der Waals surface area contributed by atoms with Crippen LogP contribution in [0.15, 0.2) is 90.5 Å². The van der Waals surface area contributed by atoms with Crippen LogP contribution in [0.2, 0.25) is 0 Å². The molecule has 0 spiro atoms. The minimum absolute atomic E-state index is 0.124.